The lowest BCUT2D eigenvalue weighted by Gasteiger charge is -2.38. The molecule has 0 bridgehead atoms. The Morgan fingerprint density at radius 1 is 1.12 bits per heavy atom. The molecule has 6 heteroatoms. The third-order valence-electron chi connectivity index (χ3n) is 5.00. The molecule has 3 rings (SSSR count). The van der Waals surface area contributed by atoms with Crippen molar-refractivity contribution in [3.8, 4) is 0 Å². The number of hydrogen-bond donors (Lipinski definition) is 0. The van der Waals surface area contributed by atoms with Crippen molar-refractivity contribution in [1.82, 2.24) is 14.2 Å². The molecule has 1 fully saturated rings. The third kappa shape index (κ3) is 4.90. The van der Waals surface area contributed by atoms with E-state index < -0.39 is 10.0 Å². The molecule has 1 saturated heterocycles. The Labute approximate surface area is 156 Å². The molecule has 1 aromatic heterocycles. The summed E-state index contributed by atoms with van der Waals surface area (Å²) in [5, 5.41) is 0. The maximum absolute atomic E-state index is 12.9. The molecule has 2 heterocycles. The highest BCUT2D eigenvalue weighted by molar-refractivity contribution is 7.88. The van der Waals surface area contributed by atoms with Gasteiger partial charge in [0.05, 0.1) is 5.75 Å². The molecule has 26 heavy (non-hydrogen) atoms. The molecule has 1 atom stereocenters. The van der Waals surface area contributed by atoms with E-state index in [9.17, 15) is 8.42 Å². The van der Waals surface area contributed by atoms with Gasteiger partial charge in [-0.25, -0.2) is 12.7 Å². The SMILES string of the molecule is CCN(Cc1ccncc1)C1CCCN(S(=O)(=O)Cc2ccccc2)C1. The molecular weight excluding hydrogens is 346 g/mol. The van der Waals surface area contributed by atoms with Gasteiger partial charge in [0.1, 0.15) is 0 Å². The Morgan fingerprint density at radius 2 is 1.85 bits per heavy atom. The summed E-state index contributed by atoms with van der Waals surface area (Å²) in [5.41, 5.74) is 2.06. The number of pyridine rings is 1. The molecule has 140 valence electrons. The van der Waals surface area contributed by atoms with E-state index in [1.165, 1.54) is 5.56 Å². The average Bonchev–Trinajstić information content (AvgIpc) is 2.67. The van der Waals surface area contributed by atoms with E-state index in [1.54, 1.807) is 16.7 Å². The molecule has 5 nitrogen and oxygen atoms in total. The van der Waals surface area contributed by atoms with Gasteiger partial charge < -0.3 is 0 Å². The zero-order chi connectivity index (χ0) is 18.4. The van der Waals surface area contributed by atoms with Crippen LogP contribution in [0.4, 0.5) is 0 Å². The van der Waals surface area contributed by atoms with Crippen LogP contribution in [0.5, 0.6) is 0 Å². The van der Waals surface area contributed by atoms with Gasteiger partial charge in [-0.05, 0) is 42.6 Å². The fraction of sp³-hybridized carbons (Fsp3) is 0.450. The second-order valence-electron chi connectivity index (χ2n) is 6.81. The zero-order valence-electron chi connectivity index (χ0n) is 15.3. The first-order valence-corrected chi connectivity index (χ1v) is 10.8. The van der Waals surface area contributed by atoms with Gasteiger partial charge in [-0.3, -0.25) is 9.88 Å². The highest BCUT2D eigenvalue weighted by atomic mass is 32.2. The van der Waals surface area contributed by atoms with Crippen molar-refractivity contribution in [3.05, 3.63) is 66.0 Å². The summed E-state index contributed by atoms with van der Waals surface area (Å²) in [5.74, 6) is 0.0804. The van der Waals surface area contributed by atoms with Crippen LogP contribution >= 0.6 is 0 Å². The topological polar surface area (TPSA) is 53.5 Å². The minimum absolute atomic E-state index is 0.0804. The van der Waals surface area contributed by atoms with Gasteiger partial charge in [0.15, 0.2) is 0 Å². The van der Waals surface area contributed by atoms with E-state index in [-0.39, 0.29) is 11.8 Å². The summed E-state index contributed by atoms with van der Waals surface area (Å²) in [7, 11) is -3.29. The number of aromatic nitrogens is 1. The monoisotopic (exact) mass is 373 g/mol. The number of sulfonamides is 1. The highest BCUT2D eigenvalue weighted by Crippen LogP contribution is 2.22. The minimum atomic E-state index is -3.29. The lowest BCUT2D eigenvalue weighted by molar-refractivity contribution is 0.134. The Balaban J connectivity index is 1.67. The molecule has 0 saturated carbocycles. The van der Waals surface area contributed by atoms with Crippen LogP contribution in [-0.4, -0.2) is 48.3 Å². The summed E-state index contributed by atoms with van der Waals surface area (Å²) in [4.78, 5) is 6.44. The van der Waals surface area contributed by atoms with Crippen LogP contribution in [-0.2, 0) is 22.3 Å². The fourth-order valence-electron chi connectivity index (χ4n) is 3.57. The molecule has 0 amide bonds. The van der Waals surface area contributed by atoms with E-state index in [2.05, 4.69) is 16.8 Å². The number of nitrogens with zero attached hydrogens (tertiary/aromatic N) is 3. The van der Waals surface area contributed by atoms with Crippen molar-refractivity contribution in [2.24, 2.45) is 0 Å². The van der Waals surface area contributed by atoms with Gasteiger partial charge in [-0.15, -0.1) is 0 Å². The molecule has 0 aliphatic carbocycles. The Morgan fingerprint density at radius 3 is 2.54 bits per heavy atom. The summed E-state index contributed by atoms with van der Waals surface area (Å²) in [6.45, 7) is 5.07. The van der Waals surface area contributed by atoms with Crippen molar-refractivity contribution >= 4 is 10.0 Å². The van der Waals surface area contributed by atoms with Crippen molar-refractivity contribution in [2.75, 3.05) is 19.6 Å². The average molecular weight is 374 g/mol. The van der Waals surface area contributed by atoms with E-state index in [0.29, 0.717) is 13.1 Å². The van der Waals surface area contributed by atoms with Gasteiger partial charge in [0, 0.05) is 38.1 Å². The van der Waals surface area contributed by atoms with Crippen LogP contribution in [0.2, 0.25) is 0 Å². The maximum atomic E-state index is 12.9. The fourth-order valence-corrected chi connectivity index (χ4v) is 5.17. The molecule has 0 radical (unpaired) electrons. The summed E-state index contributed by atoms with van der Waals surface area (Å²) in [6, 6.07) is 13.7. The predicted molar refractivity (Wildman–Crippen MR) is 104 cm³/mol. The molecule has 1 aliphatic rings. The number of benzene rings is 1. The van der Waals surface area contributed by atoms with Crippen molar-refractivity contribution in [1.29, 1.82) is 0 Å². The second-order valence-corrected chi connectivity index (χ2v) is 8.78. The first-order chi connectivity index (χ1) is 12.6. The number of hydrogen-bond acceptors (Lipinski definition) is 4. The third-order valence-corrected chi connectivity index (χ3v) is 6.82. The molecule has 1 aromatic carbocycles. The van der Waals surface area contributed by atoms with E-state index in [1.807, 2.05) is 42.5 Å². The lowest BCUT2D eigenvalue weighted by atomic mass is 10.1. The maximum Gasteiger partial charge on any atom is 0.218 e. The van der Waals surface area contributed by atoms with Gasteiger partial charge >= 0.3 is 0 Å². The Bertz CT molecular complexity index is 781. The van der Waals surface area contributed by atoms with Crippen LogP contribution < -0.4 is 0 Å². The van der Waals surface area contributed by atoms with Crippen LogP contribution in [0.15, 0.2) is 54.9 Å². The predicted octanol–water partition coefficient (Wildman–Crippen LogP) is 2.90. The summed E-state index contributed by atoms with van der Waals surface area (Å²) >= 11 is 0. The minimum Gasteiger partial charge on any atom is -0.295 e. The molecule has 0 spiro atoms. The molecular formula is C20H27N3O2S. The van der Waals surface area contributed by atoms with Gasteiger partial charge in [0.2, 0.25) is 10.0 Å². The molecule has 1 aliphatic heterocycles. The normalized spacial score (nSPS) is 18.9. The van der Waals surface area contributed by atoms with E-state index in [0.717, 1.165) is 31.5 Å². The van der Waals surface area contributed by atoms with Crippen molar-refractivity contribution in [3.63, 3.8) is 0 Å². The molecule has 0 N–H and O–H groups in total. The van der Waals surface area contributed by atoms with Crippen molar-refractivity contribution in [2.45, 2.75) is 38.1 Å². The van der Waals surface area contributed by atoms with Crippen LogP contribution in [0.1, 0.15) is 30.9 Å². The van der Waals surface area contributed by atoms with Crippen LogP contribution in [0.25, 0.3) is 0 Å². The number of likely N-dealkylation sites (N-methyl/N-ethyl adjacent to an activating group) is 1. The molecule has 2 aromatic rings. The zero-order valence-corrected chi connectivity index (χ0v) is 16.1. The van der Waals surface area contributed by atoms with E-state index >= 15 is 0 Å². The first-order valence-electron chi connectivity index (χ1n) is 9.23. The first kappa shape index (κ1) is 19.0. The number of rotatable bonds is 7. The van der Waals surface area contributed by atoms with Gasteiger partial charge in [-0.2, -0.15) is 0 Å². The quantitative estimate of drug-likeness (QED) is 0.749. The second kappa shape index (κ2) is 8.75. The largest absolute Gasteiger partial charge is 0.295 e. The Hall–Kier alpha value is -1.76. The highest BCUT2D eigenvalue weighted by Gasteiger charge is 2.31. The van der Waals surface area contributed by atoms with Gasteiger partial charge in [-0.1, -0.05) is 37.3 Å². The summed E-state index contributed by atoms with van der Waals surface area (Å²) in [6.07, 6.45) is 5.56. The van der Waals surface area contributed by atoms with Gasteiger partial charge in [0.25, 0.3) is 0 Å². The molecule has 1 unspecified atom stereocenters. The van der Waals surface area contributed by atoms with E-state index in [4.69, 9.17) is 0 Å². The lowest BCUT2D eigenvalue weighted by Crippen LogP contribution is -2.49. The van der Waals surface area contributed by atoms with Crippen molar-refractivity contribution < 1.29 is 8.42 Å². The smallest absolute Gasteiger partial charge is 0.218 e. The number of piperidine rings is 1. The Kier molecular flexibility index (Phi) is 6.40. The standard InChI is InChI=1S/C20H27N3O2S/c1-2-22(15-18-10-12-21-13-11-18)20-9-6-14-23(16-20)26(24,25)17-19-7-4-3-5-8-19/h3-5,7-8,10-13,20H,2,6,9,14-17H2,1H3. The summed E-state index contributed by atoms with van der Waals surface area (Å²) < 4.78 is 27.4. The van der Waals surface area contributed by atoms with Crippen LogP contribution in [0, 0.1) is 0 Å². The van der Waals surface area contributed by atoms with Crippen LogP contribution in [0.3, 0.4) is 0 Å².